The van der Waals surface area contributed by atoms with E-state index in [-0.39, 0.29) is 23.3 Å². The molecule has 2 aromatic heterocycles. The van der Waals surface area contributed by atoms with E-state index in [1.807, 2.05) is 26.0 Å². The van der Waals surface area contributed by atoms with Gasteiger partial charge in [0, 0.05) is 5.56 Å². The minimum Gasteiger partial charge on any atom is -0.337 e. The molecule has 0 saturated heterocycles. The van der Waals surface area contributed by atoms with Crippen molar-refractivity contribution >= 4 is 22.5 Å². The molecule has 170 valence electrons. The van der Waals surface area contributed by atoms with Gasteiger partial charge in [-0.15, -0.1) is 0 Å². The molecule has 0 amide bonds. The van der Waals surface area contributed by atoms with Crippen LogP contribution in [0.25, 0.3) is 28.0 Å². The largest absolute Gasteiger partial charge is 0.337 e. The molecule has 0 radical (unpaired) electrons. The van der Waals surface area contributed by atoms with Gasteiger partial charge in [-0.1, -0.05) is 41.0 Å². The summed E-state index contributed by atoms with van der Waals surface area (Å²) in [7, 11) is 0. The summed E-state index contributed by atoms with van der Waals surface area (Å²) in [5, 5.41) is 4.26. The van der Waals surface area contributed by atoms with Gasteiger partial charge in [0.05, 0.1) is 21.6 Å². The lowest BCUT2D eigenvalue weighted by atomic mass is 10.1. The zero-order chi connectivity index (χ0) is 24.0. The van der Waals surface area contributed by atoms with E-state index in [2.05, 4.69) is 10.1 Å². The number of rotatable bonds is 4. The molecule has 0 aliphatic heterocycles. The van der Waals surface area contributed by atoms with Crippen LogP contribution in [0.15, 0.2) is 74.8 Å². The molecule has 5 rings (SSSR count). The quantitative estimate of drug-likeness (QED) is 0.377. The Hall–Kier alpha value is -4.04. The molecule has 0 bridgehead atoms. The summed E-state index contributed by atoms with van der Waals surface area (Å²) in [6, 6.07) is 16.6. The lowest BCUT2D eigenvalue weighted by Crippen LogP contribution is -2.39. The molecule has 0 N–H and O–H groups in total. The van der Waals surface area contributed by atoms with Crippen molar-refractivity contribution in [2.24, 2.45) is 0 Å². The second kappa shape index (κ2) is 8.39. The fraction of sp³-hybridized carbons (Fsp3) is 0.120. The SMILES string of the molecule is Cc1ccc(C)c(-n2c(=O)c3ccccc3n(Cc3nc(-c4ccc(F)c(Cl)c4)no3)c2=O)c1. The third-order valence-electron chi connectivity index (χ3n) is 5.60. The van der Waals surface area contributed by atoms with Crippen LogP contribution < -0.4 is 11.2 Å². The number of benzene rings is 3. The van der Waals surface area contributed by atoms with Crippen molar-refractivity contribution < 1.29 is 8.91 Å². The zero-order valence-electron chi connectivity index (χ0n) is 18.3. The summed E-state index contributed by atoms with van der Waals surface area (Å²) in [5.41, 5.74) is 2.22. The average molecular weight is 477 g/mol. The maximum atomic E-state index is 13.6. The van der Waals surface area contributed by atoms with Gasteiger partial charge < -0.3 is 4.52 Å². The molecular weight excluding hydrogens is 459 g/mol. The van der Waals surface area contributed by atoms with E-state index in [4.69, 9.17) is 16.1 Å². The van der Waals surface area contributed by atoms with Gasteiger partial charge in [0.1, 0.15) is 12.4 Å². The maximum Gasteiger partial charge on any atom is 0.336 e. The van der Waals surface area contributed by atoms with Gasteiger partial charge in [0.25, 0.3) is 5.56 Å². The van der Waals surface area contributed by atoms with Gasteiger partial charge in [-0.25, -0.2) is 13.8 Å². The Bertz CT molecular complexity index is 1690. The minimum absolute atomic E-state index is 0.0631. The van der Waals surface area contributed by atoms with Crippen molar-refractivity contribution in [3.63, 3.8) is 0 Å². The van der Waals surface area contributed by atoms with E-state index in [9.17, 15) is 14.0 Å². The second-order valence-corrected chi connectivity index (χ2v) is 8.36. The first-order chi connectivity index (χ1) is 16.3. The van der Waals surface area contributed by atoms with Gasteiger partial charge in [0.2, 0.25) is 11.7 Å². The summed E-state index contributed by atoms with van der Waals surface area (Å²) >= 11 is 5.86. The Morgan fingerprint density at radius 2 is 1.82 bits per heavy atom. The van der Waals surface area contributed by atoms with Crippen molar-refractivity contribution in [2.75, 3.05) is 0 Å². The summed E-state index contributed by atoms with van der Waals surface area (Å²) in [5.74, 6) is -0.202. The van der Waals surface area contributed by atoms with Crippen molar-refractivity contribution in [3.05, 3.63) is 109 Å². The Balaban J connectivity index is 1.67. The second-order valence-electron chi connectivity index (χ2n) is 7.96. The molecule has 2 heterocycles. The van der Waals surface area contributed by atoms with Gasteiger partial charge in [-0.05, 0) is 61.4 Å². The van der Waals surface area contributed by atoms with E-state index in [0.29, 0.717) is 22.2 Å². The zero-order valence-corrected chi connectivity index (χ0v) is 19.0. The first-order valence-electron chi connectivity index (χ1n) is 10.4. The maximum absolute atomic E-state index is 13.6. The predicted molar refractivity (Wildman–Crippen MR) is 127 cm³/mol. The fourth-order valence-corrected chi connectivity index (χ4v) is 4.03. The molecule has 0 aliphatic rings. The van der Waals surface area contributed by atoms with Crippen LogP contribution in [-0.4, -0.2) is 19.3 Å². The Morgan fingerprint density at radius 1 is 1.03 bits per heavy atom. The van der Waals surface area contributed by atoms with Crippen LogP contribution in [-0.2, 0) is 6.54 Å². The number of hydrogen-bond donors (Lipinski definition) is 0. The molecule has 5 aromatic rings. The van der Waals surface area contributed by atoms with Gasteiger partial charge in [-0.2, -0.15) is 4.98 Å². The molecule has 0 spiro atoms. The monoisotopic (exact) mass is 476 g/mol. The lowest BCUT2D eigenvalue weighted by Gasteiger charge is -2.14. The topological polar surface area (TPSA) is 82.9 Å². The van der Waals surface area contributed by atoms with E-state index >= 15 is 0 Å². The molecule has 0 saturated carbocycles. The summed E-state index contributed by atoms with van der Waals surface area (Å²) in [6.07, 6.45) is 0. The normalized spacial score (nSPS) is 11.3. The lowest BCUT2D eigenvalue weighted by molar-refractivity contribution is 0.370. The molecule has 7 nitrogen and oxygen atoms in total. The molecule has 0 aliphatic carbocycles. The standard InChI is InChI=1S/C25H18ClFN4O3/c1-14-7-8-15(2)21(11-14)31-24(32)17-5-3-4-6-20(17)30(25(31)33)13-22-28-23(29-34-22)16-9-10-19(27)18(26)12-16/h3-12H,13H2,1-2H3. The van der Waals surface area contributed by atoms with Crippen LogP contribution in [0.2, 0.25) is 5.02 Å². The summed E-state index contributed by atoms with van der Waals surface area (Å²) < 4.78 is 21.5. The molecule has 34 heavy (non-hydrogen) atoms. The first-order valence-corrected chi connectivity index (χ1v) is 10.8. The van der Waals surface area contributed by atoms with Crippen molar-refractivity contribution in [2.45, 2.75) is 20.4 Å². The third kappa shape index (κ3) is 3.72. The number of aryl methyl sites for hydroxylation is 2. The van der Waals surface area contributed by atoms with E-state index in [1.54, 1.807) is 30.3 Å². The highest BCUT2D eigenvalue weighted by Gasteiger charge is 2.18. The number of aromatic nitrogens is 4. The van der Waals surface area contributed by atoms with Gasteiger partial charge >= 0.3 is 5.69 Å². The number of fused-ring (bicyclic) bond motifs is 1. The highest BCUT2D eigenvalue weighted by atomic mass is 35.5. The number of hydrogen-bond acceptors (Lipinski definition) is 5. The minimum atomic E-state index is -0.555. The van der Waals surface area contributed by atoms with Crippen LogP contribution >= 0.6 is 11.6 Å². The summed E-state index contributed by atoms with van der Waals surface area (Å²) in [4.78, 5) is 31.3. The van der Waals surface area contributed by atoms with Gasteiger partial charge in [-0.3, -0.25) is 9.36 Å². The van der Waals surface area contributed by atoms with Crippen LogP contribution in [0.1, 0.15) is 17.0 Å². The Morgan fingerprint density at radius 3 is 2.62 bits per heavy atom. The molecular formula is C25H18ClFN4O3. The molecule has 0 unspecified atom stereocenters. The third-order valence-corrected chi connectivity index (χ3v) is 5.88. The Kier molecular flexibility index (Phi) is 5.37. The highest BCUT2D eigenvalue weighted by Crippen LogP contribution is 2.23. The molecule has 0 fully saturated rings. The molecule has 9 heteroatoms. The number of nitrogens with zero attached hydrogens (tertiary/aromatic N) is 4. The predicted octanol–water partition coefficient (Wildman–Crippen LogP) is 4.66. The molecule has 0 atom stereocenters. The van der Waals surface area contributed by atoms with Crippen LogP contribution in [0.3, 0.4) is 0 Å². The van der Waals surface area contributed by atoms with Gasteiger partial charge in [0.15, 0.2) is 0 Å². The van der Waals surface area contributed by atoms with Crippen LogP contribution in [0.5, 0.6) is 0 Å². The fourth-order valence-electron chi connectivity index (χ4n) is 3.85. The smallest absolute Gasteiger partial charge is 0.336 e. The van der Waals surface area contributed by atoms with E-state index in [1.165, 1.54) is 27.3 Å². The van der Waals surface area contributed by atoms with Crippen LogP contribution in [0, 0.1) is 19.7 Å². The van der Waals surface area contributed by atoms with Crippen LogP contribution in [0.4, 0.5) is 4.39 Å². The average Bonchev–Trinajstić information content (AvgIpc) is 3.29. The van der Waals surface area contributed by atoms with Crippen molar-refractivity contribution in [1.82, 2.24) is 19.3 Å². The number of halogens is 2. The first kappa shape index (κ1) is 21.8. The van der Waals surface area contributed by atoms with Crippen molar-refractivity contribution in [3.8, 4) is 17.1 Å². The summed E-state index contributed by atoms with van der Waals surface area (Å²) in [6.45, 7) is 3.68. The Labute approximate surface area is 197 Å². The highest BCUT2D eigenvalue weighted by molar-refractivity contribution is 6.31. The van der Waals surface area contributed by atoms with E-state index in [0.717, 1.165) is 11.1 Å². The molecule has 3 aromatic carbocycles. The van der Waals surface area contributed by atoms with E-state index < -0.39 is 17.1 Å². The number of para-hydroxylation sites is 1. The van der Waals surface area contributed by atoms with Crippen molar-refractivity contribution in [1.29, 1.82) is 0 Å².